The van der Waals surface area contributed by atoms with Gasteiger partial charge in [-0.25, -0.2) is 0 Å². The second kappa shape index (κ2) is 11.5. The second-order valence-corrected chi connectivity index (χ2v) is 7.38. The summed E-state index contributed by atoms with van der Waals surface area (Å²) in [6, 6.07) is 7.07. The van der Waals surface area contributed by atoms with Crippen molar-refractivity contribution >= 4 is 35.1 Å². The van der Waals surface area contributed by atoms with Gasteiger partial charge in [0, 0.05) is 57.3 Å². The van der Waals surface area contributed by atoms with Crippen LogP contribution in [0.5, 0.6) is 0 Å². The minimum Gasteiger partial charge on any atom is -0.359 e. The van der Waals surface area contributed by atoms with Gasteiger partial charge in [0.25, 0.3) is 0 Å². The van der Waals surface area contributed by atoms with Gasteiger partial charge in [-0.05, 0) is 49.4 Å². The zero-order chi connectivity index (χ0) is 20.4. The lowest BCUT2D eigenvalue weighted by atomic mass is 9.93. The van der Waals surface area contributed by atoms with Crippen LogP contribution in [-0.2, 0) is 9.59 Å². The molecule has 2 amide bonds. The Bertz CT molecular complexity index is 670. The Balaban J connectivity index is 1.65. The van der Waals surface area contributed by atoms with Gasteiger partial charge < -0.3 is 20.9 Å². The molecule has 0 aromatic heterocycles. The van der Waals surface area contributed by atoms with E-state index in [-0.39, 0.29) is 11.8 Å². The summed E-state index contributed by atoms with van der Waals surface area (Å²) in [6.45, 7) is 2.45. The quantitative estimate of drug-likeness (QED) is 0.368. The normalized spacial score (nSPS) is 15.2. The maximum Gasteiger partial charge on any atom is 0.224 e. The molecule has 0 aliphatic carbocycles. The van der Waals surface area contributed by atoms with Crippen LogP contribution in [0.3, 0.4) is 0 Å². The molecule has 1 aromatic rings. The predicted molar refractivity (Wildman–Crippen MR) is 114 cm³/mol. The number of nitrogens with one attached hydrogen (secondary N) is 3. The van der Waals surface area contributed by atoms with Gasteiger partial charge >= 0.3 is 0 Å². The van der Waals surface area contributed by atoms with Crippen molar-refractivity contribution in [2.75, 3.05) is 39.0 Å². The minimum atomic E-state index is -0.0193. The molecule has 1 aliphatic heterocycles. The van der Waals surface area contributed by atoms with Crippen LogP contribution >= 0.6 is 11.6 Å². The molecule has 1 saturated heterocycles. The lowest BCUT2D eigenvalue weighted by Crippen LogP contribution is -2.46. The van der Waals surface area contributed by atoms with Crippen molar-refractivity contribution in [3.63, 3.8) is 0 Å². The maximum atomic E-state index is 12.0. The number of hydrogen-bond acceptors (Lipinski definition) is 3. The predicted octanol–water partition coefficient (Wildman–Crippen LogP) is 2.48. The Hall–Kier alpha value is -2.28. The van der Waals surface area contributed by atoms with Crippen molar-refractivity contribution in [3.8, 4) is 0 Å². The molecule has 1 aromatic carbocycles. The van der Waals surface area contributed by atoms with E-state index in [0.717, 1.165) is 37.6 Å². The maximum absolute atomic E-state index is 12.0. The van der Waals surface area contributed by atoms with E-state index >= 15 is 0 Å². The van der Waals surface area contributed by atoms with Crippen molar-refractivity contribution in [2.45, 2.75) is 32.1 Å². The highest BCUT2D eigenvalue weighted by atomic mass is 35.5. The Morgan fingerprint density at radius 2 is 1.86 bits per heavy atom. The Kier molecular flexibility index (Phi) is 9.07. The molecule has 1 aliphatic rings. The molecule has 0 spiro atoms. The Morgan fingerprint density at radius 1 is 1.18 bits per heavy atom. The lowest BCUT2D eigenvalue weighted by Gasteiger charge is -2.34. The molecule has 1 heterocycles. The van der Waals surface area contributed by atoms with Gasteiger partial charge in [0.05, 0.1) is 0 Å². The number of rotatable bonds is 7. The van der Waals surface area contributed by atoms with Crippen molar-refractivity contribution in [2.24, 2.45) is 10.9 Å². The van der Waals surface area contributed by atoms with E-state index in [2.05, 4.69) is 25.8 Å². The monoisotopic (exact) mass is 407 g/mol. The number of likely N-dealkylation sites (tertiary alicyclic amines) is 1. The number of amides is 2. The van der Waals surface area contributed by atoms with Gasteiger partial charge in [-0.15, -0.1) is 0 Å². The molecule has 2 rings (SSSR count). The third kappa shape index (κ3) is 7.38. The lowest BCUT2D eigenvalue weighted by molar-refractivity contribution is -0.121. The number of carbonyl (C=O) groups is 2. The molecule has 0 saturated carbocycles. The number of aliphatic imine (C=N–C) groups is 1. The van der Waals surface area contributed by atoms with Gasteiger partial charge in [0.15, 0.2) is 5.96 Å². The van der Waals surface area contributed by atoms with E-state index < -0.39 is 0 Å². The number of carbonyl (C=O) groups excluding carboxylic acids is 2. The summed E-state index contributed by atoms with van der Waals surface area (Å²) in [5, 5.41) is 9.53. The SMILES string of the molecule is CN=C(NCCCC(=O)Nc1ccc(Cl)cc1)N1CCC(CC(=O)NC)CC1. The van der Waals surface area contributed by atoms with E-state index in [9.17, 15) is 9.59 Å². The second-order valence-electron chi connectivity index (χ2n) is 6.94. The van der Waals surface area contributed by atoms with Crippen molar-refractivity contribution < 1.29 is 9.59 Å². The summed E-state index contributed by atoms with van der Waals surface area (Å²) in [5.74, 6) is 1.38. The smallest absolute Gasteiger partial charge is 0.224 e. The third-order valence-electron chi connectivity index (χ3n) is 4.87. The van der Waals surface area contributed by atoms with Gasteiger partial charge in [-0.2, -0.15) is 0 Å². The molecule has 7 nitrogen and oxygen atoms in total. The number of hydrogen-bond donors (Lipinski definition) is 3. The van der Waals surface area contributed by atoms with Gasteiger partial charge in [0.2, 0.25) is 11.8 Å². The first-order valence-electron chi connectivity index (χ1n) is 9.73. The van der Waals surface area contributed by atoms with E-state index in [1.807, 2.05) is 0 Å². The molecule has 0 atom stereocenters. The summed E-state index contributed by atoms with van der Waals surface area (Å²) in [4.78, 5) is 30.1. The van der Waals surface area contributed by atoms with Crippen LogP contribution in [0.1, 0.15) is 32.1 Å². The highest BCUT2D eigenvalue weighted by Crippen LogP contribution is 2.20. The van der Waals surface area contributed by atoms with Gasteiger partial charge in [0.1, 0.15) is 0 Å². The fraction of sp³-hybridized carbons (Fsp3) is 0.550. The summed E-state index contributed by atoms with van der Waals surface area (Å²) in [7, 11) is 3.45. The zero-order valence-corrected chi connectivity index (χ0v) is 17.4. The summed E-state index contributed by atoms with van der Waals surface area (Å²) in [6.07, 6.45) is 3.71. The number of guanidine groups is 1. The largest absolute Gasteiger partial charge is 0.359 e. The fourth-order valence-electron chi connectivity index (χ4n) is 3.25. The molecule has 1 fully saturated rings. The standard InChI is InChI=1S/C20H30ClN5O2/c1-22-19(28)14-15-9-12-26(13-10-15)20(23-2)24-11-3-4-18(27)25-17-7-5-16(21)6-8-17/h5-8,15H,3-4,9-14H2,1-2H3,(H,22,28)(H,23,24)(H,25,27). The molecule has 28 heavy (non-hydrogen) atoms. The minimum absolute atomic E-state index is 0.0193. The average Bonchev–Trinajstić information content (AvgIpc) is 2.70. The molecule has 8 heteroatoms. The summed E-state index contributed by atoms with van der Waals surface area (Å²) >= 11 is 5.84. The third-order valence-corrected chi connectivity index (χ3v) is 5.12. The van der Waals surface area contributed by atoms with E-state index in [1.54, 1.807) is 38.4 Å². The number of piperidine rings is 1. The van der Waals surface area contributed by atoms with E-state index in [1.165, 1.54) is 0 Å². The first-order chi connectivity index (χ1) is 13.5. The van der Waals surface area contributed by atoms with Crippen LogP contribution in [-0.4, -0.2) is 56.4 Å². The molecule has 0 unspecified atom stereocenters. The van der Waals surface area contributed by atoms with Crippen LogP contribution in [0.4, 0.5) is 5.69 Å². The summed E-state index contributed by atoms with van der Waals surface area (Å²) in [5.41, 5.74) is 0.748. The molecular weight excluding hydrogens is 378 g/mol. The van der Waals surface area contributed by atoms with Crippen LogP contribution in [0.2, 0.25) is 5.02 Å². The van der Waals surface area contributed by atoms with Crippen molar-refractivity contribution in [1.29, 1.82) is 0 Å². The molecule has 3 N–H and O–H groups in total. The topological polar surface area (TPSA) is 85.8 Å². The molecular formula is C20H30ClN5O2. The first-order valence-corrected chi connectivity index (χ1v) is 10.1. The van der Waals surface area contributed by atoms with E-state index in [0.29, 0.717) is 36.7 Å². The number of halogens is 1. The van der Waals surface area contributed by atoms with Crippen molar-refractivity contribution in [3.05, 3.63) is 29.3 Å². The number of anilines is 1. The Labute approximate surface area is 171 Å². The van der Waals surface area contributed by atoms with Crippen LogP contribution in [0.25, 0.3) is 0 Å². The van der Waals surface area contributed by atoms with Crippen LogP contribution < -0.4 is 16.0 Å². The fourth-order valence-corrected chi connectivity index (χ4v) is 3.38. The molecule has 154 valence electrons. The van der Waals surface area contributed by atoms with Gasteiger partial charge in [-0.3, -0.25) is 14.6 Å². The number of benzene rings is 1. The molecule has 0 bridgehead atoms. The van der Waals surface area contributed by atoms with Crippen LogP contribution in [0.15, 0.2) is 29.3 Å². The Morgan fingerprint density at radius 3 is 2.46 bits per heavy atom. The highest BCUT2D eigenvalue weighted by molar-refractivity contribution is 6.30. The first kappa shape index (κ1) is 22.0. The zero-order valence-electron chi connectivity index (χ0n) is 16.6. The average molecular weight is 408 g/mol. The van der Waals surface area contributed by atoms with Crippen molar-refractivity contribution in [1.82, 2.24) is 15.5 Å². The highest BCUT2D eigenvalue weighted by Gasteiger charge is 2.22. The molecule has 0 radical (unpaired) electrons. The summed E-state index contributed by atoms with van der Waals surface area (Å²) < 4.78 is 0. The van der Waals surface area contributed by atoms with Crippen LogP contribution in [0, 0.1) is 5.92 Å². The van der Waals surface area contributed by atoms with Gasteiger partial charge in [-0.1, -0.05) is 11.6 Å². The number of nitrogens with zero attached hydrogens (tertiary/aromatic N) is 2. The van der Waals surface area contributed by atoms with E-state index in [4.69, 9.17) is 11.6 Å².